The summed E-state index contributed by atoms with van der Waals surface area (Å²) in [6.07, 6.45) is 6.90. The lowest BCUT2D eigenvalue weighted by atomic mass is 9.90. The maximum atomic E-state index is 13.4. The van der Waals surface area contributed by atoms with Gasteiger partial charge in [0.1, 0.15) is 6.61 Å². The molecule has 2 fully saturated rings. The van der Waals surface area contributed by atoms with Gasteiger partial charge in [0.2, 0.25) is 11.8 Å². The molecule has 0 spiro atoms. The lowest BCUT2D eigenvalue weighted by molar-refractivity contribution is -0.136. The monoisotopic (exact) mass is 566 g/mol. The Morgan fingerprint density at radius 3 is 2.45 bits per heavy atom. The van der Waals surface area contributed by atoms with Crippen LogP contribution in [-0.4, -0.2) is 49.1 Å². The van der Waals surface area contributed by atoms with Crippen molar-refractivity contribution in [1.29, 1.82) is 0 Å². The van der Waals surface area contributed by atoms with Crippen molar-refractivity contribution in [2.45, 2.75) is 70.1 Å². The number of carbonyl (C=O) groups excluding carboxylic acids is 2. The van der Waals surface area contributed by atoms with Crippen molar-refractivity contribution in [2.75, 3.05) is 30.5 Å². The van der Waals surface area contributed by atoms with E-state index in [2.05, 4.69) is 81.8 Å². The molecule has 7 heteroatoms. The molecule has 6 rings (SSSR count). The lowest BCUT2D eigenvalue weighted by Gasteiger charge is -2.36. The summed E-state index contributed by atoms with van der Waals surface area (Å²) < 4.78 is 5.11. The zero-order valence-corrected chi connectivity index (χ0v) is 24.6. The molecule has 0 bridgehead atoms. The average molecular weight is 567 g/mol. The Hall–Kier alpha value is -3.68. The number of benzene rings is 3. The van der Waals surface area contributed by atoms with Crippen molar-refractivity contribution in [2.24, 2.45) is 11.7 Å². The molecule has 0 radical (unpaired) electrons. The molecule has 3 aromatic carbocycles. The normalized spacial score (nSPS) is 20.1. The van der Waals surface area contributed by atoms with E-state index >= 15 is 0 Å². The van der Waals surface area contributed by atoms with Gasteiger partial charge in [0.05, 0.1) is 11.4 Å². The number of ether oxygens (including phenoxy) is 1. The molecule has 1 aliphatic heterocycles. The van der Waals surface area contributed by atoms with Gasteiger partial charge in [-0.3, -0.25) is 9.59 Å². The van der Waals surface area contributed by atoms with Crippen molar-refractivity contribution in [3.8, 4) is 11.1 Å². The van der Waals surface area contributed by atoms with Crippen LogP contribution in [0.5, 0.6) is 0 Å². The fourth-order valence-electron chi connectivity index (χ4n) is 6.52. The third-order valence-corrected chi connectivity index (χ3v) is 9.02. The minimum absolute atomic E-state index is 0.00108. The smallest absolute Gasteiger partial charge is 0.250 e. The van der Waals surface area contributed by atoms with Crippen LogP contribution in [0.3, 0.4) is 0 Å². The van der Waals surface area contributed by atoms with Crippen molar-refractivity contribution in [1.82, 2.24) is 4.90 Å². The van der Waals surface area contributed by atoms with Crippen LogP contribution in [0.1, 0.15) is 55.2 Å². The van der Waals surface area contributed by atoms with Crippen LogP contribution in [0.15, 0.2) is 66.7 Å². The standard InChI is InChI=1S/C35H42N4O3/c1-42-23-34(40)37-32-20-28(11-16-33(32)38-18-17-25-6-2-3-7-29(25)22-38)27-8-4-5-24(19-27)21-39(35(41)26-9-10-26)31-14-12-30(36)13-15-31/h2-8,11,16,19-20,26,30-31H,9-10,12-15,17-18,21-23,36H2,1H3,(H,37,40). The highest BCUT2D eigenvalue weighted by Crippen LogP contribution is 2.37. The highest BCUT2D eigenvalue weighted by atomic mass is 16.5. The molecule has 0 aromatic heterocycles. The van der Waals surface area contributed by atoms with Crippen molar-refractivity contribution < 1.29 is 14.3 Å². The number of carbonyl (C=O) groups is 2. The molecule has 3 N–H and O–H groups in total. The number of amides is 2. The summed E-state index contributed by atoms with van der Waals surface area (Å²) in [6, 6.07) is 23.9. The zero-order valence-electron chi connectivity index (χ0n) is 24.6. The molecular formula is C35H42N4O3. The third-order valence-electron chi connectivity index (χ3n) is 9.02. The molecule has 3 aliphatic rings. The molecule has 0 unspecified atom stereocenters. The quantitative estimate of drug-likeness (QED) is 0.357. The van der Waals surface area contributed by atoms with Crippen LogP contribution in [0.4, 0.5) is 11.4 Å². The van der Waals surface area contributed by atoms with E-state index in [-0.39, 0.29) is 30.5 Å². The number of methoxy groups -OCH3 is 1. The topological polar surface area (TPSA) is 87.9 Å². The van der Waals surface area contributed by atoms with E-state index in [1.54, 1.807) is 0 Å². The molecule has 3 aromatic rings. The maximum Gasteiger partial charge on any atom is 0.250 e. The number of nitrogens with two attached hydrogens (primary N) is 1. The second-order valence-corrected chi connectivity index (χ2v) is 12.2. The van der Waals surface area contributed by atoms with E-state index in [4.69, 9.17) is 10.5 Å². The molecule has 42 heavy (non-hydrogen) atoms. The first-order valence-corrected chi connectivity index (χ1v) is 15.4. The van der Waals surface area contributed by atoms with Crippen LogP contribution in [0.25, 0.3) is 11.1 Å². The van der Waals surface area contributed by atoms with Gasteiger partial charge in [0.15, 0.2) is 0 Å². The molecule has 7 nitrogen and oxygen atoms in total. The number of nitrogens with zero attached hydrogens (tertiary/aromatic N) is 2. The minimum Gasteiger partial charge on any atom is -0.375 e. The van der Waals surface area contributed by atoms with Gasteiger partial charge in [0.25, 0.3) is 0 Å². The van der Waals surface area contributed by atoms with Crippen LogP contribution in [0.2, 0.25) is 0 Å². The van der Waals surface area contributed by atoms with E-state index in [1.807, 2.05) is 0 Å². The van der Waals surface area contributed by atoms with Crippen molar-refractivity contribution in [3.05, 3.63) is 83.4 Å². The van der Waals surface area contributed by atoms with E-state index in [1.165, 1.54) is 18.2 Å². The Labute approximate surface area is 249 Å². The zero-order chi connectivity index (χ0) is 29.1. The Morgan fingerprint density at radius 1 is 0.929 bits per heavy atom. The lowest BCUT2D eigenvalue weighted by Crippen LogP contribution is -2.44. The van der Waals surface area contributed by atoms with E-state index in [0.29, 0.717) is 12.5 Å². The van der Waals surface area contributed by atoms with Gasteiger partial charge in [0, 0.05) is 44.7 Å². The SMILES string of the molecule is COCC(=O)Nc1cc(-c2cccc(CN(C(=O)C3CC3)C3CCC(N)CC3)c2)ccc1N1CCc2ccccc2C1. The summed E-state index contributed by atoms with van der Waals surface area (Å²) in [5, 5.41) is 3.10. The van der Waals surface area contributed by atoms with Crippen LogP contribution >= 0.6 is 0 Å². The Balaban J connectivity index is 1.26. The number of fused-ring (bicyclic) bond motifs is 1. The van der Waals surface area contributed by atoms with Crippen molar-refractivity contribution in [3.63, 3.8) is 0 Å². The first kappa shape index (κ1) is 28.4. The maximum absolute atomic E-state index is 13.4. The summed E-state index contributed by atoms with van der Waals surface area (Å²) in [6.45, 7) is 2.30. The number of nitrogens with one attached hydrogen (secondary N) is 1. The Morgan fingerprint density at radius 2 is 1.69 bits per heavy atom. The van der Waals surface area contributed by atoms with Crippen LogP contribution in [0, 0.1) is 5.92 Å². The van der Waals surface area contributed by atoms with Gasteiger partial charge in [-0.05, 0) is 91.0 Å². The fraction of sp³-hybridized carbons (Fsp3) is 0.429. The summed E-state index contributed by atoms with van der Waals surface area (Å²) in [5.41, 5.74) is 13.9. The van der Waals surface area contributed by atoms with Gasteiger partial charge in [-0.1, -0.05) is 48.5 Å². The molecule has 0 saturated heterocycles. The summed E-state index contributed by atoms with van der Waals surface area (Å²) in [5.74, 6) is 0.316. The second-order valence-electron chi connectivity index (χ2n) is 12.2. The van der Waals surface area contributed by atoms with E-state index < -0.39 is 0 Å². The number of anilines is 2. The molecule has 2 aliphatic carbocycles. The molecule has 2 saturated carbocycles. The number of hydrogen-bond donors (Lipinski definition) is 2. The molecule has 2 amide bonds. The van der Waals surface area contributed by atoms with Crippen LogP contribution in [-0.2, 0) is 33.8 Å². The van der Waals surface area contributed by atoms with E-state index in [0.717, 1.165) is 86.1 Å². The predicted molar refractivity (Wildman–Crippen MR) is 167 cm³/mol. The van der Waals surface area contributed by atoms with Gasteiger partial charge in [-0.15, -0.1) is 0 Å². The highest BCUT2D eigenvalue weighted by molar-refractivity contribution is 5.96. The average Bonchev–Trinajstić information content (AvgIpc) is 3.86. The second kappa shape index (κ2) is 12.7. The molecule has 220 valence electrons. The van der Waals surface area contributed by atoms with Gasteiger partial charge >= 0.3 is 0 Å². The minimum atomic E-state index is -0.177. The number of rotatable bonds is 9. The summed E-state index contributed by atoms with van der Waals surface area (Å²) in [4.78, 5) is 30.5. The van der Waals surface area contributed by atoms with Gasteiger partial charge < -0.3 is 25.6 Å². The fourth-order valence-corrected chi connectivity index (χ4v) is 6.52. The van der Waals surface area contributed by atoms with Crippen molar-refractivity contribution >= 4 is 23.2 Å². The number of hydrogen-bond acceptors (Lipinski definition) is 5. The first-order chi connectivity index (χ1) is 20.5. The third kappa shape index (κ3) is 6.53. The van der Waals surface area contributed by atoms with Crippen LogP contribution < -0.4 is 16.0 Å². The summed E-state index contributed by atoms with van der Waals surface area (Å²) >= 11 is 0. The molecular weight excluding hydrogens is 524 g/mol. The Kier molecular flexibility index (Phi) is 8.58. The Bertz CT molecular complexity index is 1430. The first-order valence-electron chi connectivity index (χ1n) is 15.4. The van der Waals surface area contributed by atoms with Gasteiger partial charge in [-0.2, -0.15) is 0 Å². The summed E-state index contributed by atoms with van der Waals surface area (Å²) in [7, 11) is 1.53. The van der Waals surface area contributed by atoms with Gasteiger partial charge in [-0.25, -0.2) is 0 Å². The largest absolute Gasteiger partial charge is 0.375 e. The highest BCUT2D eigenvalue weighted by Gasteiger charge is 2.37. The predicted octanol–water partition coefficient (Wildman–Crippen LogP) is 5.51. The molecule has 1 heterocycles. The molecule has 0 atom stereocenters. The van der Waals surface area contributed by atoms with E-state index in [9.17, 15) is 9.59 Å².